The van der Waals surface area contributed by atoms with E-state index in [0.29, 0.717) is 18.7 Å². The molecule has 21 heavy (non-hydrogen) atoms. The molecule has 1 aromatic carbocycles. The summed E-state index contributed by atoms with van der Waals surface area (Å²) in [6, 6.07) is 7.22. The second-order valence-corrected chi connectivity index (χ2v) is 5.07. The molecule has 1 N–H and O–H groups in total. The second-order valence-electron chi connectivity index (χ2n) is 5.07. The number of benzene rings is 1. The van der Waals surface area contributed by atoms with Gasteiger partial charge in [0.15, 0.2) is 6.10 Å². The van der Waals surface area contributed by atoms with Gasteiger partial charge in [0, 0.05) is 13.2 Å². The molecule has 0 saturated carbocycles. The van der Waals surface area contributed by atoms with Crippen molar-refractivity contribution in [3.05, 3.63) is 24.3 Å². The van der Waals surface area contributed by atoms with Gasteiger partial charge in [-0.15, -0.1) is 0 Å². The average molecular weight is 293 g/mol. The first-order chi connectivity index (χ1) is 10.2. The lowest BCUT2D eigenvalue weighted by atomic mass is 10.2. The van der Waals surface area contributed by atoms with Crippen LogP contribution in [0.2, 0.25) is 0 Å². The van der Waals surface area contributed by atoms with E-state index >= 15 is 0 Å². The first-order valence-corrected chi connectivity index (χ1v) is 7.43. The zero-order chi connectivity index (χ0) is 15.1. The van der Waals surface area contributed by atoms with Crippen molar-refractivity contribution < 1.29 is 19.0 Å². The summed E-state index contributed by atoms with van der Waals surface area (Å²) in [7, 11) is 1.61. The van der Waals surface area contributed by atoms with E-state index in [1.54, 1.807) is 19.2 Å². The summed E-state index contributed by atoms with van der Waals surface area (Å²) in [5.74, 6) is 1.33. The molecule has 116 valence electrons. The number of methoxy groups -OCH3 is 1. The molecule has 2 rings (SSSR count). The van der Waals surface area contributed by atoms with Crippen LogP contribution in [-0.2, 0) is 9.53 Å². The van der Waals surface area contributed by atoms with Crippen molar-refractivity contribution in [2.75, 3.05) is 20.3 Å². The minimum absolute atomic E-state index is 0.0937. The average Bonchev–Trinajstić information content (AvgIpc) is 3.04. The summed E-state index contributed by atoms with van der Waals surface area (Å²) in [4.78, 5) is 12.1. The normalized spacial score (nSPS) is 19.0. The van der Waals surface area contributed by atoms with E-state index in [9.17, 15) is 4.79 Å². The molecule has 0 aliphatic carbocycles. The summed E-state index contributed by atoms with van der Waals surface area (Å²) in [6.45, 7) is 3.28. The molecule has 1 aliphatic rings. The predicted molar refractivity (Wildman–Crippen MR) is 79.7 cm³/mol. The Morgan fingerprint density at radius 2 is 2.10 bits per heavy atom. The monoisotopic (exact) mass is 293 g/mol. The molecule has 1 saturated heterocycles. The van der Waals surface area contributed by atoms with Crippen molar-refractivity contribution in [1.82, 2.24) is 5.32 Å². The summed E-state index contributed by atoms with van der Waals surface area (Å²) < 4.78 is 16.3. The van der Waals surface area contributed by atoms with E-state index in [2.05, 4.69) is 5.32 Å². The maximum atomic E-state index is 12.1. The van der Waals surface area contributed by atoms with Crippen LogP contribution in [0.5, 0.6) is 11.5 Å². The molecule has 1 heterocycles. The fraction of sp³-hybridized carbons (Fsp3) is 0.562. The first kappa shape index (κ1) is 15.6. The number of amides is 1. The van der Waals surface area contributed by atoms with Gasteiger partial charge in [-0.05, 0) is 43.5 Å². The topological polar surface area (TPSA) is 56.8 Å². The number of nitrogens with one attached hydrogen (secondary N) is 1. The molecule has 0 spiro atoms. The molecular formula is C16H23NO4. The Labute approximate surface area is 125 Å². The third-order valence-electron chi connectivity index (χ3n) is 3.53. The van der Waals surface area contributed by atoms with Crippen LogP contribution >= 0.6 is 0 Å². The number of ether oxygens (including phenoxy) is 3. The summed E-state index contributed by atoms with van der Waals surface area (Å²) in [5, 5.41) is 2.90. The van der Waals surface area contributed by atoms with Crippen molar-refractivity contribution in [1.29, 1.82) is 0 Å². The zero-order valence-electron chi connectivity index (χ0n) is 12.6. The predicted octanol–water partition coefficient (Wildman–Crippen LogP) is 2.15. The highest BCUT2D eigenvalue weighted by atomic mass is 16.5. The fourth-order valence-electron chi connectivity index (χ4n) is 2.27. The van der Waals surface area contributed by atoms with Crippen molar-refractivity contribution in [3.63, 3.8) is 0 Å². The van der Waals surface area contributed by atoms with E-state index in [0.717, 1.165) is 25.2 Å². The highest BCUT2D eigenvalue weighted by Crippen LogP contribution is 2.19. The number of carbonyl (C=O) groups is 1. The van der Waals surface area contributed by atoms with Gasteiger partial charge < -0.3 is 19.5 Å². The molecule has 1 fully saturated rings. The Kier molecular flexibility index (Phi) is 5.87. The maximum Gasteiger partial charge on any atom is 0.261 e. The summed E-state index contributed by atoms with van der Waals surface area (Å²) in [6.07, 6.45) is 2.35. The largest absolute Gasteiger partial charge is 0.497 e. The van der Waals surface area contributed by atoms with Gasteiger partial charge in [0.05, 0.1) is 13.2 Å². The quantitative estimate of drug-likeness (QED) is 0.837. The van der Waals surface area contributed by atoms with Crippen LogP contribution in [0.25, 0.3) is 0 Å². The number of hydrogen-bond donors (Lipinski definition) is 1. The fourth-order valence-corrected chi connectivity index (χ4v) is 2.27. The smallest absolute Gasteiger partial charge is 0.261 e. The van der Waals surface area contributed by atoms with E-state index in [1.807, 2.05) is 19.1 Å². The molecule has 0 radical (unpaired) electrons. The molecule has 0 bridgehead atoms. The van der Waals surface area contributed by atoms with Gasteiger partial charge in [-0.25, -0.2) is 0 Å². The Morgan fingerprint density at radius 1 is 1.38 bits per heavy atom. The lowest BCUT2D eigenvalue weighted by molar-refractivity contribution is -0.128. The highest BCUT2D eigenvalue weighted by molar-refractivity contribution is 5.81. The molecule has 5 heteroatoms. The minimum Gasteiger partial charge on any atom is -0.497 e. The molecule has 5 nitrogen and oxygen atoms in total. The lowest BCUT2D eigenvalue weighted by Gasteiger charge is -2.18. The molecule has 1 aliphatic heterocycles. The van der Waals surface area contributed by atoms with Crippen LogP contribution in [0.15, 0.2) is 24.3 Å². The van der Waals surface area contributed by atoms with Crippen LogP contribution in [0.3, 0.4) is 0 Å². The lowest BCUT2D eigenvalue weighted by Crippen LogP contribution is -2.41. The van der Waals surface area contributed by atoms with Crippen molar-refractivity contribution in [2.45, 2.75) is 38.4 Å². The van der Waals surface area contributed by atoms with Crippen molar-refractivity contribution in [3.8, 4) is 11.5 Å². The van der Waals surface area contributed by atoms with Gasteiger partial charge >= 0.3 is 0 Å². The second kappa shape index (κ2) is 7.88. The molecule has 2 atom stereocenters. The van der Waals surface area contributed by atoms with Crippen LogP contribution in [0, 0.1) is 0 Å². The molecule has 1 aromatic rings. The number of rotatable bonds is 7. The third kappa shape index (κ3) is 4.63. The van der Waals surface area contributed by atoms with Crippen LogP contribution in [0.1, 0.15) is 26.2 Å². The van der Waals surface area contributed by atoms with E-state index in [-0.39, 0.29) is 12.0 Å². The molecule has 0 unspecified atom stereocenters. The Morgan fingerprint density at radius 3 is 2.67 bits per heavy atom. The number of hydrogen-bond acceptors (Lipinski definition) is 4. The minimum atomic E-state index is -0.486. The van der Waals surface area contributed by atoms with Crippen LogP contribution < -0.4 is 14.8 Å². The van der Waals surface area contributed by atoms with Gasteiger partial charge in [-0.3, -0.25) is 4.79 Å². The standard InChI is InChI=1S/C16H23NO4/c1-3-15(16(18)17-11-14-5-4-10-20-14)21-13-8-6-12(19-2)7-9-13/h6-9,14-15H,3-5,10-11H2,1-2H3,(H,17,18)/t14-,15-/m1/s1. The van der Waals surface area contributed by atoms with E-state index < -0.39 is 6.10 Å². The van der Waals surface area contributed by atoms with Crippen LogP contribution in [-0.4, -0.2) is 38.4 Å². The first-order valence-electron chi connectivity index (χ1n) is 7.43. The maximum absolute atomic E-state index is 12.1. The van der Waals surface area contributed by atoms with Crippen molar-refractivity contribution in [2.24, 2.45) is 0 Å². The Hall–Kier alpha value is -1.75. The van der Waals surface area contributed by atoms with Gasteiger partial charge in [0.2, 0.25) is 0 Å². The molecule has 1 amide bonds. The molecule has 0 aromatic heterocycles. The zero-order valence-corrected chi connectivity index (χ0v) is 12.6. The number of carbonyl (C=O) groups excluding carboxylic acids is 1. The van der Waals surface area contributed by atoms with Gasteiger partial charge in [0.25, 0.3) is 5.91 Å². The third-order valence-corrected chi connectivity index (χ3v) is 3.53. The van der Waals surface area contributed by atoms with E-state index in [4.69, 9.17) is 14.2 Å². The Bertz CT molecular complexity index is 440. The Balaban J connectivity index is 1.83. The summed E-state index contributed by atoms with van der Waals surface area (Å²) in [5.41, 5.74) is 0. The van der Waals surface area contributed by atoms with Gasteiger partial charge in [0.1, 0.15) is 11.5 Å². The van der Waals surface area contributed by atoms with Gasteiger partial charge in [-0.1, -0.05) is 6.92 Å². The highest BCUT2D eigenvalue weighted by Gasteiger charge is 2.21. The summed E-state index contributed by atoms with van der Waals surface area (Å²) >= 11 is 0. The van der Waals surface area contributed by atoms with Crippen LogP contribution in [0.4, 0.5) is 0 Å². The molecular weight excluding hydrogens is 270 g/mol. The van der Waals surface area contributed by atoms with Gasteiger partial charge in [-0.2, -0.15) is 0 Å². The van der Waals surface area contributed by atoms with Crippen molar-refractivity contribution >= 4 is 5.91 Å². The SMILES string of the molecule is CC[C@@H](Oc1ccc(OC)cc1)C(=O)NC[C@H]1CCCO1. The van der Waals surface area contributed by atoms with E-state index in [1.165, 1.54) is 0 Å².